The fraction of sp³-hybridized carbons (Fsp3) is 0.412. The van der Waals surface area contributed by atoms with Gasteiger partial charge in [-0.15, -0.1) is 0 Å². The third kappa shape index (κ3) is 3.32. The van der Waals surface area contributed by atoms with Crippen molar-refractivity contribution in [2.75, 3.05) is 24.3 Å². The van der Waals surface area contributed by atoms with Gasteiger partial charge in [-0.25, -0.2) is 9.97 Å². The maximum Gasteiger partial charge on any atom is 0.141 e. The minimum atomic E-state index is 0.916. The number of nitrogens with one attached hydrogen (secondary N) is 1. The highest BCUT2D eigenvalue weighted by molar-refractivity contribution is 5.67. The van der Waals surface area contributed by atoms with E-state index in [4.69, 9.17) is 0 Å². The topological polar surface area (TPSA) is 41.1 Å². The fourth-order valence-electron chi connectivity index (χ4n) is 2.47. The van der Waals surface area contributed by atoms with E-state index >= 15 is 0 Å². The maximum absolute atomic E-state index is 4.50. The zero-order chi connectivity index (χ0) is 15.2. The van der Waals surface area contributed by atoms with Crippen LogP contribution in [0.15, 0.2) is 30.6 Å². The summed E-state index contributed by atoms with van der Waals surface area (Å²) in [4.78, 5) is 11.0. The molecule has 1 aromatic heterocycles. The Morgan fingerprint density at radius 3 is 2.38 bits per heavy atom. The quantitative estimate of drug-likeness (QED) is 0.876. The van der Waals surface area contributed by atoms with Crippen molar-refractivity contribution in [3.63, 3.8) is 0 Å². The molecule has 0 aliphatic rings. The Morgan fingerprint density at radius 1 is 1.10 bits per heavy atom. The number of aryl methyl sites for hydroxylation is 1. The number of nitrogens with zero attached hydrogens (tertiary/aromatic N) is 3. The van der Waals surface area contributed by atoms with Gasteiger partial charge < -0.3 is 10.2 Å². The third-order valence-electron chi connectivity index (χ3n) is 3.71. The normalized spacial score (nSPS) is 10.5. The average Bonchev–Trinajstić information content (AvgIpc) is 2.54. The summed E-state index contributed by atoms with van der Waals surface area (Å²) in [6.45, 7) is 4.34. The second kappa shape index (κ2) is 7.07. The molecule has 2 aromatic rings. The highest BCUT2D eigenvalue weighted by Gasteiger charge is 2.14. The minimum absolute atomic E-state index is 0.916. The Kier molecular flexibility index (Phi) is 5.14. The standard InChI is InChI=1S/C17H24N4/c1-5-7-15-16(18-3)19-12-20-17(15)21(4)14-10-8-13(6-2)9-11-14/h8-12H,5-7H2,1-4H3,(H,18,19,20). The lowest BCUT2D eigenvalue weighted by molar-refractivity contribution is 0.893. The van der Waals surface area contributed by atoms with E-state index < -0.39 is 0 Å². The van der Waals surface area contributed by atoms with Crippen molar-refractivity contribution in [2.24, 2.45) is 0 Å². The van der Waals surface area contributed by atoms with Gasteiger partial charge in [0.25, 0.3) is 0 Å². The molecule has 0 saturated carbocycles. The molecule has 0 bridgehead atoms. The maximum atomic E-state index is 4.50. The van der Waals surface area contributed by atoms with Crippen molar-refractivity contribution in [2.45, 2.75) is 33.1 Å². The highest BCUT2D eigenvalue weighted by atomic mass is 15.2. The van der Waals surface area contributed by atoms with Crippen LogP contribution >= 0.6 is 0 Å². The third-order valence-corrected chi connectivity index (χ3v) is 3.71. The van der Waals surface area contributed by atoms with Gasteiger partial charge in [-0.3, -0.25) is 0 Å². The number of hydrogen-bond acceptors (Lipinski definition) is 4. The summed E-state index contributed by atoms with van der Waals surface area (Å²) in [5, 5.41) is 3.17. The van der Waals surface area contributed by atoms with Gasteiger partial charge in [0.05, 0.1) is 0 Å². The number of rotatable bonds is 6. The molecule has 0 aliphatic carbocycles. The molecular weight excluding hydrogens is 260 g/mol. The van der Waals surface area contributed by atoms with Gasteiger partial charge in [0.15, 0.2) is 0 Å². The van der Waals surface area contributed by atoms with Crippen LogP contribution in [0.4, 0.5) is 17.3 Å². The number of aromatic nitrogens is 2. The number of benzene rings is 1. The van der Waals surface area contributed by atoms with Crippen LogP contribution in [0.2, 0.25) is 0 Å². The summed E-state index contributed by atoms with van der Waals surface area (Å²) in [5.74, 6) is 1.89. The molecule has 0 atom stereocenters. The second-order valence-electron chi connectivity index (χ2n) is 5.10. The second-order valence-corrected chi connectivity index (χ2v) is 5.10. The van der Waals surface area contributed by atoms with Crippen molar-refractivity contribution in [3.05, 3.63) is 41.7 Å². The molecule has 1 aromatic carbocycles. The molecule has 1 heterocycles. The summed E-state index contributed by atoms with van der Waals surface area (Å²) in [7, 11) is 3.96. The summed E-state index contributed by atoms with van der Waals surface area (Å²) >= 11 is 0. The average molecular weight is 284 g/mol. The van der Waals surface area contributed by atoms with E-state index in [2.05, 4.69) is 65.3 Å². The molecule has 112 valence electrons. The smallest absolute Gasteiger partial charge is 0.141 e. The Bertz CT molecular complexity index is 578. The molecule has 0 unspecified atom stereocenters. The number of hydrogen-bond donors (Lipinski definition) is 1. The van der Waals surface area contributed by atoms with E-state index in [-0.39, 0.29) is 0 Å². The molecule has 1 N–H and O–H groups in total. The Morgan fingerprint density at radius 2 is 1.81 bits per heavy atom. The molecule has 4 nitrogen and oxygen atoms in total. The Hall–Kier alpha value is -2.10. The lowest BCUT2D eigenvalue weighted by atomic mass is 10.1. The van der Waals surface area contributed by atoms with E-state index in [1.54, 1.807) is 6.33 Å². The molecule has 0 fully saturated rings. The van der Waals surface area contributed by atoms with Crippen LogP contribution in [-0.2, 0) is 12.8 Å². The summed E-state index contributed by atoms with van der Waals surface area (Å²) < 4.78 is 0. The van der Waals surface area contributed by atoms with Gasteiger partial charge in [0.1, 0.15) is 18.0 Å². The highest BCUT2D eigenvalue weighted by Crippen LogP contribution is 2.29. The van der Waals surface area contributed by atoms with Crippen molar-refractivity contribution in [1.29, 1.82) is 0 Å². The van der Waals surface area contributed by atoms with Crippen molar-refractivity contribution < 1.29 is 0 Å². The first-order valence-electron chi connectivity index (χ1n) is 7.55. The zero-order valence-electron chi connectivity index (χ0n) is 13.3. The van der Waals surface area contributed by atoms with Gasteiger partial charge in [-0.1, -0.05) is 32.4 Å². The lowest BCUT2D eigenvalue weighted by Gasteiger charge is -2.22. The predicted molar refractivity (Wildman–Crippen MR) is 89.5 cm³/mol. The zero-order valence-corrected chi connectivity index (χ0v) is 13.3. The van der Waals surface area contributed by atoms with Crippen LogP contribution in [0.5, 0.6) is 0 Å². The van der Waals surface area contributed by atoms with Crippen LogP contribution in [0.1, 0.15) is 31.4 Å². The van der Waals surface area contributed by atoms with Gasteiger partial charge in [-0.2, -0.15) is 0 Å². The van der Waals surface area contributed by atoms with E-state index in [9.17, 15) is 0 Å². The van der Waals surface area contributed by atoms with Crippen molar-refractivity contribution >= 4 is 17.3 Å². The van der Waals surface area contributed by atoms with Crippen LogP contribution in [0.3, 0.4) is 0 Å². The van der Waals surface area contributed by atoms with Crippen LogP contribution in [-0.4, -0.2) is 24.1 Å². The number of anilines is 3. The van der Waals surface area contributed by atoms with Crippen LogP contribution < -0.4 is 10.2 Å². The molecule has 0 amide bonds. The summed E-state index contributed by atoms with van der Waals surface area (Å²) in [6.07, 6.45) is 4.71. The molecule has 0 aliphatic heterocycles. The SMILES string of the molecule is CCCc1c(NC)ncnc1N(C)c1ccc(CC)cc1. The Labute approximate surface area is 127 Å². The molecule has 2 rings (SSSR count). The van der Waals surface area contributed by atoms with E-state index in [1.807, 2.05) is 7.05 Å². The fourth-order valence-corrected chi connectivity index (χ4v) is 2.47. The lowest BCUT2D eigenvalue weighted by Crippen LogP contribution is -2.15. The van der Waals surface area contributed by atoms with Gasteiger partial charge in [-0.05, 0) is 30.5 Å². The summed E-state index contributed by atoms with van der Waals surface area (Å²) in [6, 6.07) is 8.64. The van der Waals surface area contributed by atoms with Crippen LogP contribution in [0.25, 0.3) is 0 Å². The summed E-state index contributed by atoms with van der Waals surface area (Å²) in [5.41, 5.74) is 3.66. The molecule has 21 heavy (non-hydrogen) atoms. The van der Waals surface area contributed by atoms with Crippen molar-refractivity contribution in [3.8, 4) is 0 Å². The van der Waals surface area contributed by atoms with Crippen molar-refractivity contribution in [1.82, 2.24) is 9.97 Å². The molecule has 4 heteroatoms. The van der Waals surface area contributed by atoms with Crippen LogP contribution in [0, 0.1) is 0 Å². The predicted octanol–water partition coefficient (Wildman–Crippen LogP) is 3.80. The first-order chi connectivity index (χ1) is 10.2. The van der Waals surface area contributed by atoms with E-state index in [0.29, 0.717) is 0 Å². The first-order valence-corrected chi connectivity index (χ1v) is 7.55. The monoisotopic (exact) mass is 284 g/mol. The van der Waals surface area contributed by atoms with E-state index in [0.717, 1.165) is 36.6 Å². The van der Waals surface area contributed by atoms with Gasteiger partial charge in [0.2, 0.25) is 0 Å². The first kappa shape index (κ1) is 15.3. The molecule has 0 spiro atoms. The van der Waals surface area contributed by atoms with Gasteiger partial charge in [0, 0.05) is 25.3 Å². The molecular formula is C17H24N4. The molecule has 0 saturated heterocycles. The Balaban J connectivity index is 2.39. The minimum Gasteiger partial charge on any atom is -0.373 e. The van der Waals surface area contributed by atoms with E-state index in [1.165, 1.54) is 11.1 Å². The molecule has 0 radical (unpaired) electrons. The largest absolute Gasteiger partial charge is 0.373 e. The van der Waals surface area contributed by atoms with Gasteiger partial charge >= 0.3 is 0 Å².